The monoisotopic (exact) mass is 645 g/mol. The maximum atomic E-state index is 13.8. The molecule has 0 aliphatic heterocycles. The zero-order valence-electron chi connectivity index (χ0n) is 19.0. The van der Waals surface area contributed by atoms with Crippen molar-refractivity contribution in [3.63, 3.8) is 0 Å². The van der Waals surface area contributed by atoms with Gasteiger partial charge in [0.2, 0.25) is 13.0 Å². The predicted molar refractivity (Wildman–Crippen MR) is 154 cm³/mol. The van der Waals surface area contributed by atoms with Crippen LogP contribution >= 0.6 is 81.4 Å². The van der Waals surface area contributed by atoms with Crippen LogP contribution in [0, 0.1) is 0 Å². The summed E-state index contributed by atoms with van der Waals surface area (Å²) in [4.78, 5) is 26.9. The van der Waals surface area contributed by atoms with Crippen LogP contribution in [0.25, 0.3) is 33.1 Å². The van der Waals surface area contributed by atoms with Crippen LogP contribution in [0.2, 0.25) is 0 Å². The first-order valence-corrected chi connectivity index (χ1v) is 13.8. The molecule has 6 nitrogen and oxygen atoms in total. The molecule has 0 amide bonds. The van der Waals surface area contributed by atoms with E-state index in [1.54, 1.807) is 37.4 Å². The second-order valence-corrected chi connectivity index (χ2v) is 13.4. The van der Waals surface area contributed by atoms with Crippen molar-refractivity contribution in [2.24, 2.45) is 0 Å². The van der Waals surface area contributed by atoms with Gasteiger partial charge >= 0.3 is 0 Å². The number of benzene rings is 3. The maximum absolute atomic E-state index is 13.8. The predicted octanol–water partition coefficient (Wildman–Crippen LogP) is 8.61. The molecule has 0 fully saturated rings. The summed E-state index contributed by atoms with van der Waals surface area (Å²) < 4.78 is 7.30. The average Bonchev–Trinajstić information content (AvgIpc) is 2.88. The zero-order valence-corrected chi connectivity index (χ0v) is 24.4. The topological polar surface area (TPSA) is 78.1 Å². The van der Waals surface area contributed by atoms with E-state index in [0.29, 0.717) is 38.1 Å². The standard InChI is InChI=1S/C25H13Cl6N3O3S/c1-36-13-8-6-12(7-9-13)14-10-11-17-18(19(35)15-4-2-3-5-16(15)37-17)20(14)38-23-33-21(24(26,27)28)32-22(34-23)25(29,30)31/h2-11H,1H3. The van der Waals surface area contributed by atoms with E-state index in [4.69, 9.17) is 78.8 Å². The summed E-state index contributed by atoms with van der Waals surface area (Å²) in [6.45, 7) is 0. The smallest absolute Gasteiger partial charge is 0.250 e. The van der Waals surface area contributed by atoms with E-state index in [2.05, 4.69) is 15.0 Å². The maximum Gasteiger partial charge on any atom is 0.250 e. The summed E-state index contributed by atoms with van der Waals surface area (Å²) in [6.07, 6.45) is 0. The Bertz CT molecular complexity index is 1700. The molecule has 0 radical (unpaired) electrons. The minimum Gasteiger partial charge on any atom is -0.497 e. The molecule has 0 spiro atoms. The van der Waals surface area contributed by atoms with E-state index in [0.717, 1.165) is 17.3 Å². The Morgan fingerprint density at radius 1 is 0.789 bits per heavy atom. The summed E-state index contributed by atoms with van der Waals surface area (Å²) in [5.74, 6) is 0.182. The summed E-state index contributed by atoms with van der Waals surface area (Å²) in [5.41, 5.74) is 2.07. The minimum atomic E-state index is -2.03. The van der Waals surface area contributed by atoms with E-state index in [-0.39, 0.29) is 22.2 Å². The summed E-state index contributed by atoms with van der Waals surface area (Å²) in [7, 11) is 1.58. The minimum absolute atomic E-state index is 0.0393. The molecule has 0 N–H and O–H groups in total. The number of alkyl halides is 6. The van der Waals surface area contributed by atoms with Crippen LogP contribution in [0.15, 0.2) is 79.9 Å². The van der Waals surface area contributed by atoms with Crippen LogP contribution in [0.4, 0.5) is 0 Å². The number of ether oxygens (including phenoxy) is 1. The van der Waals surface area contributed by atoms with Crippen molar-refractivity contribution >= 4 is 103 Å². The lowest BCUT2D eigenvalue weighted by atomic mass is 10.0. The number of methoxy groups -OCH3 is 1. The highest BCUT2D eigenvalue weighted by Gasteiger charge is 2.34. The van der Waals surface area contributed by atoms with Gasteiger partial charge in [-0.25, -0.2) is 15.0 Å². The van der Waals surface area contributed by atoms with Crippen LogP contribution < -0.4 is 10.2 Å². The number of fused-ring (bicyclic) bond motifs is 2. The number of rotatable bonds is 4. The van der Waals surface area contributed by atoms with Gasteiger partial charge in [0.15, 0.2) is 16.8 Å². The summed E-state index contributed by atoms with van der Waals surface area (Å²) in [5, 5.41) is 0.763. The molecule has 0 saturated heterocycles. The molecule has 0 aliphatic rings. The normalized spacial score (nSPS) is 12.3. The van der Waals surface area contributed by atoms with Gasteiger partial charge in [-0.2, -0.15) is 0 Å². The molecule has 3 aromatic carbocycles. The molecule has 38 heavy (non-hydrogen) atoms. The van der Waals surface area contributed by atoms with Crippen LogP contribution in [0.1, 0.15) is 11.6 Å². The highest BCUT2D eigenvalue weighted by atomic mass is 35.6. The second kappa shape index (κ2) is 10.5. The van der Waals surface area contributed by atoms with E-state index >= 15 is 0 Å². The number of nitrogens with zero attached hydrogens (tertiary/aromatic N) is 3. The fraction of sp³-hybridized carbons (Fsp3) is 0.120. The Kier molecular flexibility index (Phi) is 7.66. The lowest BCUT2D eigenvalue weighted by Gasteiger charge is -2.17. The zero-order chi connectivity index (χ0) is 27.2. The first kappa shape index (κ1) is 27.6. The third-order valence-corrected chi connectivity index (χ3v) is 7.42. The van der Waals surface area contributed by atoms with Crippen LogP contribution in [0.5, 0.6) is 5.75 Å². The first-order valence-electron chi connectivity index (χ1n) is 10.7. The molecule has 0 bridgehead atoms. The van der Waals surface area contributed by atoms with Crippen molar-refractivity contribution < 1.29 is 9.15 Å². The molecule has 194 valence electrons. The van der Waals surface area contributed by atoms with E-state index in [9.17, 15) is 4.79 Å². The first-order chi connectivity index (χ1) is 18.0. The summed E-state index contributed by atoms with van der Waals surface area (Å²) in [6, 6.07) is 17.9. The van der Waals surface area contributed by atoms with Crippen molar-refractivity contribution in [1.29, 1.82) is 0 Å². The Morgan fingerprint density at radius 2 is 1.42 bits per heavy atom. The van der Waals surface area contributed by atoms with Gasteiger partial charge < -0.3 is 9.15 Å². The van der Waals surface area contributed by atoms with Crippen molar-refractivity contribution in [1.82, 2.24) is 15.0 Å². The Labute approximate surface area is 250 Å². The van der Waals surface area contributed by atoms with Gasteiger partial charge in [-0.15, -0.1) is 0 Å². The molecule has 0 aliphatic carbocycles. The quantitative estimate of drug-likeness (QED) is 0.143. The molecular weight excluding hydrogens is 635 g/mol. The van der Waals surface area contributed by atoms with E-state index in [1.165, 1.54) is 0 Å². The van der Waals surface area contributed by atoms with Gasteiger partial charge in [-0.05, 0) is 59.3 Å². The summed E-state index contributed by atoms with van der Waals surface area (Å²) >= 11 is 37.4. The van der Waals surface area contributed by atoms with Crippen LogP contribution in [-0.4, -0.2) is 22.1 Å². The van der Waals surface area contributed by atoms with E-state index < -0.39 is 7.59 Å². The Hall–Kier alpha value is -1.97. The molecule has 0 saturated carbocycles. The lowest BCUT2D eigenvalue weighted by molar-refractivity contribution is 0.415. The molecule has 13 heteroatoms. The van der Waals surface area contributed by atoms with Gasteiger partial charge in [-0.3, -0.25) is 4.79 Å². The van der Waals surface area contributed by atoms with Gasteiger partial charge in [-0.1, -0.05) is 93.9 Å². The largest absolute Gasteiger partial charge is 0.497 e. The van der Waals surface area contributed by atoms with Gasteiger partial charge in [0.25, 0.3) is 0 Å². The SMILES string of the molecule is COc1ccc(-c2ccc3oc4ccccc4c(=O)c3c2Sc2nc(C(Cl)(Cl)Cl)nc(C(Cl)(Cl)Cl)n2)cc1. The van der Waals surface area contributed by atoms with Crippen LogP contribution in [-0.2, 0) is 7.59 Å². The molecule has 5 rings (SSSR count). The highest BCUT2D eigenvalue weighted by Crippen LogP contribution is 2.44. The van der Waals surface area contributed by atoms with E-state index in [1.807, 2.05) is 30.3 Å². The fourth-order valence-electron chi connectivity index (χ4n) is 3.71. The van der Waals surface area contributed by atoms with Crippen molar-refractivity contribution in [3.05, 3.63) is 82.5 Å². The number of para-hydroxylation sites is 1. The number of hydrogen-bond donors (Lipinski definition) is 0. The Morgan fingerprint density at radius 3 is 2.03 bits per heavy atom. The molecule has 2 aromatic heterocycles. The third-order valence-electron chi connectivity index (χ3n) is 5.41. The van der Waals surface area contributed by atoms with Crippen molar-refractivity contribution in [2.75, 3.05) is 7.11 Å². The molecule has 0 atom stereocenters. The van der Waals surface area contributed by atoms with Gasteiger partial charge in [0.1, 0.15) is 16.9 Å². The second-order valence-electron chi connectivity index (χ2n) is 7.83. The number of aromatic nitrogens is 3. The number of hydrogen-bond acceptors (Lipinski definition) is 7. The molecular formula is C25H13Cl6N3O3S. The van der Waals surface area contributed by atoms with Crippen LogP contribution in [0.3, 0.4) is 0 Å². The lowest BCUT2D eigenvalue weighted by Crippen LogP contribution is -2.16. The number of halogens is 6. The highest BCUT2D eigenvalue weighted by molar-refractivity contribution is 7.99. The van der Waals surface area contributed by atoms with Gasteiger partial charge in [0.05, 0.1) is 17.9 Å². The molecule has 2 heterocycles. The fourth-order valence-corrected chi connectivity index (χ4v) is 5.26. The molecule has 5 aromatic rings. The third kappa shape index (κ3) is 5.52. The van der Waals surface area contributed by atoms with Gasteiger partial charge in [0, 0.05) is 4.90 Å². The van der Waals surface area contributed by atoms with Crippen molar-refractivity contribution in [2.45, 2.75) is 17.6 Å². The Balaban J connectivity index is 1.81. The molecule has 0 unspecified atom stereocenters. The van der Waals surface area contributed by atoms with Crippen molar-refractivity contribution in [3.8, 4) is 16.9 Å². The average molecular weight is 648 g/mol.